The molecular weight excluding hydrogens is 212 g/mol. The molecule has 94 valence electrons. The molecule has 2 aliphatic rings. The maximum absolute atomic E-state index is 12.7. The summed E-state index contributed by atoms with van der Waals surface area (Å²) < 4.78 is 31.2. The zero-order valence-electron chi connectivity index (χ0n) is 10.1. The first-order chi connectivity index (χ1) is 7.53. The number of nitrogens with zero attached hydrogens (tertiary/aromatic N) is 1. The van der Waals surface area contributed by atoms with Crippen molar-refractivity contribution in [2.45, 2.75) is 51.2 Å². The van der Waals surface area contributed by atoms with Gasteiger partial charge in [0, 0.05) is 18.0 Å². The van der Waals surface area contributed by atoms with Crippen LogP contribution < -0.4 is 0 Å². The van der Waals surface area contributed by atoms with Gasteiger partial charge in [0.25, 0.3) is 0 Å². The molecule has 4 heteroatoms. The van der Waals surface area contributed by atoms with Crippen molar-refractivity contribution >= 4 is 0 Å². The lowest BCUT2D eigenvalue weighted by Crippen LogP contribution is -2.43. The first-order valence-corrected chi connectivity index (χ1v) is 6.18. The number of fused-ring (bicyclic) bond motifs is 1. The summed E-state index contributed by atoms with van der Waals surface area (Å²) >= 11 is 0. The molecule has 16 heavy (non-hydrogen) atoms. The summed E-state index contributed by atoms with van der Waals surface area (Å²) in [5.74, 6) is -0.448. The lowest BCUT2D eigenvalue weighted by molar-refractivity contribution is 0.00193. The van der Waals surface area contributed by atoms with E-state index in [0.29, 0.717) is 19.6 Å². The Bertz CT molecular complexity index is 247. The van der Waals surface area contributed by atoms with E-state index in [1.54, 1.807) is 0 Å². The Morgan fingerprint density at radius 1 is 1.44 bits per heavy atom. The smallest absolute Gasteiger partial charge is 0.242 e. The van der Waals surface area contributed by atoms with E-state index in [4.69, 9.17) is 4.74 Å². The number of ether oxygens (including phenoxy) is 1. The van der Waals surface area contributed by atoms with Crippen molar-refractivity contribution in [3.8, 4) is 0 Å². The van der Waals surface area contributed by atoms with Crippen LogP contribution in [0, 0.1) is 5.92 Å². The first-order valence-electron chi connectivity index (χ1n) is 6.18. The van der Waals surface area contributed by atoms with Gasteiger partial charge in [-0.25, -0.2) is 8.78 Å². The van der Waals surface area contributed by atoms with Gasteiger partial charge in [-0.2, -0.15) is 0 Å². The molecule has 0 saturated carbocycles. The Labute approximate surface area is 95.9 Å². The van der Waals surface area contributed by atoms with Crippen LogP contribution in [0.1, 0.15) is 33.1 Å². The molecule has 0 bridgehead atoms. The van der Waals surface area contributed by atoms with E-state index in [2.05, 4.69) is 4.90 Å². The lowest BCUT2D eigenvalue weighted by atomic mass is 9.91. The minimum Gasteiger partial charge on any atom is -0.377 e. The molecule has 0 radical (unpaired) electrons. The summed E-state index contributed by atoms with van der Waals surface area (Å²) in [6.07, 6.45) is 0.751. The molecule has 0 N–H and O–H groups in total. The molecule has 0 unspecified atom stereocenters. The number of alkyl halides is 2. The van der Waals surface area contributed by atoms with Gasteiger partial charge in [0.2, 0.25) is 6.43 Å². The van der Waals surface area contributed by atoms with Crippen molar-refractivity contribution in [3.63, 3.8) is 0 Å². The molecule has 0 aliphatic carbocycles. The first kappa shape index (κ1) is 12.2. The zero-order chi connectivity index (χ0) is 11.8. The van der Waals surface area contributed by atoms with Gasteiger partial charge in [-0.3, -0.25) is 4.90 Å². The molecule has 0 aromatic rings. The molecule has 2 fully saturated rings. The van der Waals surface area contributed by atoms with Gasteiger partial charge >= 0.3 is 0 Å². The van der Waals surface area contributed by atoms with Crippen molar-refractivity contribution in [1.82, 2.24) is 4.90 Å². The standard InChI is InChI=1S/C12H21F2NO/c1-9(2)16-8-12-4-3-5-15(12)7-10(6-12)11(13)14/h9-11H,3-8H2,1-2H3/t10-,12+/m0/s1. The molecule has 2 heterocycles. The maximum atomic E-state index is 12.7. The molecular formula is C12H21F2NO. The van der Waals surface area contributed by atoms with Crippen molar-refractivity contribution < 1.29 is 13.5 Å². The van der Waals surface area contributed by atoms with E-state index in [1.807, 2.05) is 13.8 Å². The Morgan fingerprint density at radius 2 is 2.19 bits per heavy atom. The summed E-state index contributed by atoms with van der Waals surface area (Å²) in [4.78, 5) is 2.23. The summed E-state index contributed by atoms with van der Waals surface area (Å²) in [6, 6.07) is 0. The van der Waals surface area contributed by atoms with Crippen molar-refractivity contribution in [3.05, 3.63) is 0 Å². The molecule has 2 nitrogen and oxygen atoms in total. The van der Waals surface area contributed by atoms with Crippen LogP contribution in [0.3, 0.4) is 0 Å². The van der Waals surface area contributed by atoms with Crippen LogP contribution in [-0.2, 0) is 4.74 Å². The minimum atomic E-state index is -2.18. The van der Waals surface area contributed by atoms with E-state index < -0.39 is 12.3 Å². The quantitative estimate of drug-likeness (QED) is 0.740. The van der Waals surface area contributed by atoms with Crippen molar-refractivity contribution in [1.29, 1.82) is 0 Å². The normalized spacial score (nSPS) is 35.2. The summed E-state index contributed by atoms with van der Waals surface area (Å²) in [7, 11) is 0. The Balaban J connectivity index is 2.00. The molecule has 0 aromatic heterocycles. The van der Waals surface area contributed by atoms with E-state index in [0.717, 1.165) is 19.4 Å². The predicted molar refractivity (Wildman–Crippen MR) is 58.7 cm³/mol. The number of rotatable bonds is 4. The Morgan fingerprint density at radius 3 is 2.81 bits per heavy atom. The summed E-state index contributed by atoms with van der Waals surface area (Å²) in [6.45, 7) is 6.13. The fourth-order valence-corrected chi connectivity index (χ4v) is 3.06. The molecule has 2 aliphatic heterocycles. The molecule has 2 rings (SSSR count). The van der Waals surface area contributed by atoms with Gasteiger partial charge in [0.15, 0.2) is 0 Å². The largest absolute Gasteiger partial charge is 0.377 e. The number of hydrogen-bond acceptors (Lipinski definition) is 2. The van der Waals surface area contributed by atoms with Crippen LogP contribution in [0.4, 0.5) is 8.78 Å². The highest BCUT2D eigenvalue weighted by molar-refractivity contribution is 5.03. The van der Waals surface area contributed by atoms with Crippen LogP contribution in [0.2, 0.25) is 0 Å². The van der Waals surface area contributed by atoms with Gasteiger partial charge in [-0.1, -0.05) is 0 Å². The third-order valence-electron chi connectivity index (χ3n) is 3.88. The van der Waals surface area contributed by atoms with Crippen LogP contribution >= 0.6 is 0 Å². The second-order valence-electron chi connectivity index (χ2n) is 5.43. The van der Waals surface area contributed by atoms with Gasteiger partial charge in [-0.05, 0) is 39.7 Å². The average Bonchev–Trinajstić information content (AvgIpc) is 2.70. The van der Waals surface area contributed by atoms with Gasteiger partial charge in [-0.15, -0.1) is 0 Å². The molecule has 2 saturated heterocycles. The Kier molecular flexibility index (Phi) is 3.50. The molecule has 0 amide bonds. The molecule has 2 atom stereocenters. The lowest BCUT2D eigenvalue weighted by Gasteiger charge is -2.32. The highest BCUT2D eigenvalue weighted by atomic mass is 19.3. The fraction of sp³-hybridized carbons (Fsp3) is 1.00. The number of hydrogen-bond donors (Lipinski definition) is 0. The Hall–Kier alpha value is -0.220. The van der Waals surface area contributed by atoms with Crippen LogP contribution in [0.15, 0.2) is 0 Å². The van der Waals surface area contributed by atoms with Gasteiger partial charge < -0.3 is 4.74 Å². The third-order valence-corrected chi connectivity index (χ3v) is 3.88. The van der Waals surface area contributed by atoms with Gasteiger partial charge in [0.05, 0.1) is 12.7 Å². The van der Waals surface area contributed by atoms with Crippen molar-refractivity contribution in [2.24, 2.45) is 5.92 Å². The zero-order valence-corrected chi connectivity index (χ0v) is 10.1. The van der Waals surface area contributed by atoms with E-state index in [9.17, 15) is 8.78 Å². The van der Waals surface area contributed by atoms with Crippen LogP contribution in [0.25, 0.3) is 0 Å². The topological polar surface area (TPSA) is 12.5 Å². The third kappa shape index (κ3) is 2.23. The van der Waals surface area contributed by atoms with E-state index in [1.165, 1.54) is 0 Å². The molecule has 0 aromatic carbocycles. The van der Waals surface area contributed by atoms with Crippen LogP contribution in [0.5, 0.6) is 0 Å². The minimum absolute atomic E-state index is 0.0780. The predicted octanol–water partition coefficient (Wildman–Crippen LogP) is 2.53. The second kappa shape index (κ2) is 4.57. The highest BCUT2D eigenvalue weighted by Crippen LogP contribution is 2.43. The van der Waals surface area contributed by atoms with Crippen LogP contribution in [-0.4, -0.2) is 42.7 Å². The fourth-order valence-electron chi connectivity index (χ4n) is 3.06. The van der Waals surface area contributed by atoms with Gasteiger partial charge in [0.1, 0.15) is 0 Å². The van der Waals surface area contributed by atoms with E-state index in [-0.39, 0.29) is 11.6 Å². The van der Waals surface area contributed by atoms with E-state index >= 15 is 0 Å². The number of halogens is 2. The summed E-state index contributed by atoms with van der Waals surface area (Å²) in [5, 5.41) is 0. The molecule has 0 spiro atoms. The SMILES string of the molecule is CC(C)OC[C@]12CCCN1C[C@@H](C(F)F)C2. The highest BCUT2D eigenvalue weighted by Gasteiger charge is 2.50. The second-order valence-corrected chi connectivity index (χ2v) is 5.43. The summed E-state index contributed by atoms with van der Waals surface area (Å²) in [5.41, 5.74) is -0.0780. The average molecular weight is 233 g/mol. The van der Waals surface area contributed by atoms with Crippen molar-refractivity contribution in [2.75, 3.05) is 19.7 Å². The monoisotopic (exact) mass is 233 g/mol. The maximum Gasteiger partial charge on any atom is 0.242 e.